The second kappa shape index (κ2) is 3.61. The van der Waals surface area contributed by atoms with Crippen LogP contribution in [0.1, 0.15) is 58.3 Å². The van der Waals surface area contributed by atoms with Crippen LogP contribution >= 0.6 is 0 Å². The van der Waals surface area contributed by atoms with E-state index in [1.807, 2.05) is 0 Å². The Morgan fingerprint density at radius 2 is 2.00 bits per heavy atom. The van der Waals surface area contributed by atoms with E-state index in [1.54, 1.807) is 0 Å². The molecule has 1 nitrogen and oxygen atoms in total. The van der Waals surface area contributed by atoms with Gasteiger partial charge in [-0.2, -0.15) is 0 Å². The standard InChI is InChI=1S/C12H22O/c1-2-10-4-3-7-12(13,8-10)9-11-5-6-11/h10-11,13H,2-9H2,1H3. The Morgan fingerprint density at radius 1 is 1.23 bits per heavy atom. The summed E-state index contributed by atoms with van der Waals surface area (Å²) in [5, 5.41) is 10.4. The Labute approximate surface area is 81.5 Å². The van der Waals surface area contributed by atoms with Crippen molar-refractivity contribution in [3.8, 4) is 0 Å². The van der Waals surface area contributed by atoms with Crippen LogP contribution in [0.2, 0.25) is 0 Å². The van der Waals surface area contributed by atoms with E-state index in [1.165, 1.54) is 32.1 Å². The monoisotopic (exact) mass is 182 g/mol. The van der Waals surface area contributed by atoms with E-state index in [4.69, 9.17) is 0 Å². The molecule has 0 saturated heterocycles. The minimum Gasteiger partial charge on any atom is -0.390 e. The molecule has 0 aliphatic heterocycles. The van der Waals surface area contributed by atoms with Gasteiger partial charge >= 0.3 is 0 Å². The average molecular weight is 182 g/mol. The number of hydrogen-bond donors (Lipinski definition) is 1. The van der Waals surface area contributed by atoms with Crippen molar-refractivity contribution in [2.24, 2.45) is 11.8 Å². The average Bonchev–Trinajstić information content (AvgIpc) is 2.87. The highest BCUT2D eigenvalue weighted by molar-refractivity contribution is 4.91. The molecule has 0 aromatic carbocycles. The van der Waals surface area contributed by atoms with Crippen molar-refractivity contribution in [2.75, 3.05) is 0 Å². The van der Waals surface area contributed by atoms with Gasteiger partial charge in [-0.15, -0.1) is 0 Å². The fourth-order valence-corrected chi connectivity index (χ4v) is 2.85. The summed E-state index contributed by atoms with van der Waals surface area (Å²) in [6, 6.07) is 0. The lowest BCUT2D eigenvalue weighted by atomic mass is 9.74. The van der Waals surface area contributed by atoms with Crippen LogP contribution in [0.5, 0.6) is 0 Å². The number of hydrogen-bond acceptors (Lipinski definition) is 1. The quantitative estimate of drug-likeness (QED) is 0.711. The molecule has 0 bridgehead atoms. The topological polar surface area (TPSA) is 20.2 Å². The fraction of sp³-hybridized carbons (Fsp3) is 1.00. The summed E-state index contributed by atoms with van der Waals surface area (Å²) in [5.41, 5.74) is -0.264. The maximum absolute atomic E-state index is 10.4. The molecule has 0 spiro atoms. The van der Waals surface area contributed by atoms with E-state index in [2.05, 4.69) is 6.92 Å². The molecule has 2 fully saturated rings. The van der Waals surface area contributed by atoms with Gasteiger partial charge in [0.15, 0.2) is 0 Å². The molecule has 13 heavy (non-hydrogen) atoms. The number of rotatable bonds is 3. The van der Waals surface area contributed by atoms with Crippen LogP contribution in [0.15, 0.2) is 0 Å². The lowest BCUT2D eigenvalue weighted by Gasteiger charge is -2.36. The summed E-state index contributed by atoms with van der Waals surface area (Å²) < 4.78 is 0. The number of aliphatic hydroxyl groups is 1. The predicted octanol–water partition coefficient (Wildman–Crippen LogP) is 3.12. The molecule has 0 aromatic heterocycles. The molecule has 2 unspecified atom stereocenters. The lowest BCUT2D eigenvalue weighted by Crippen LogP contribution is -2.35. The maximum atomic E-state index is 10.4. The van der Waals surface area contributed by atoms with Gasteiger partial charge < -0.3 is 5.11 Å². The normalized spacial score (nSPS) is 40.6. The van der Waals surface area contributed by atoms with Gasteiger partial charge in [-0.05, 0) is 31.1 Å². The molecule has 1 heteroatoms. The third kappa shape index (κ3) is 2.46. The molecule has 2 saturated carbocycles. The Kier molecular flexibility index (Phi) is 2.64. The summed E-state index contributed by atoms with van der Waals surface area (Å²) in [4.78, 5) is 0. The third-order valence-corrected chi connectivity index (χ3v) is 3.87. The second-order valence-electron chi connectivity index (χ2n) is 5.24. The molecule has 2 atom stereocenters. The summed E-state index contributed by atoms with van der Waals surface area (Å²) >= 11 is 0. The SMILES string of the molecule is CCC1CCCC(O)(CC2CC2)C1. The zero-order valence-corrected chi connectivity index (χ0v) is 8.76. The highest BCUT2D eigenvalue weighted by atomic mass is 16.3. The molecule has 2 aliphatic carbocycles. The molecule has 0 amide bonds. The van der Waals surface area contributed by atoms with E-state index in [0.29, 0.717) is 0 Å². The van der Waals surface area contributed by atoms with E-state index in [-0.39, 0.29) is 5.60 Å². The molecule has 1 N–H and O–H groups in total. The first-order valence-corrected chi connectivity index (χ1v) is 5.94. The van der Waals surface area contributed by atoms with Crippen LogP contribution in [0.3, 0.4) is 0 Å². The van der Waals surface area contributed by atoms with E-state index in [0.717, 1.165) is 31.1 Å². The van der Waals surface area contributed by atoms with Crippen molar-refractivity contribution in [3.63, 3.8) is 0 Å². The lowest BCUT2D eigenvalue weighted by molar-refractivity contribution is -0.0280. The Morgan fingerprint density at radius 3 is 2.62 bits per heavy atom. The van der Waals surface area contributed by atoms with Crippen LogP contribution in [-0.4, -0.2) is 10.7 Å². The van der Waals surface area contributed by atoms with E-state index >= 15 is 0 Å². The summed E-state index contributed by atoms with van der Waals surface area (Å²) in [7, 11) is 0. The minimum atomic E-state index is -0.264. The molecule has 0 heterocycles. The highest BCUT2D eigenvalue weighted by Crippen LogP contribution is 2.44. The second-order valence-corrected chi connectivity index (χ2v) is 5.24. The fourth-order valence-electron chi connectivity index (χ4n) is 2.85. The largest absolute Gasteiger partial charge is 0.390 e. The third-order valence-electron chi connectivity index (χ3n) is 3.87. The molecule has 76 valence electrons. The molecular formula is C12H22O. The zero-order chi connectivity index (χ0) is 9.31. The summed E-state index contributed by atoms with van der Waals surface area (Å²) in [5.74, 6) is 1.68. The van der Waals surface area contributed by atoms with E-state index < -0.39 is 0 Å². The first kappa shape index (κ1) is 9.51. The van der Waals surface area contributed by atoms with Crippen molar-refractivity contribution in [1.82, 2.24) is 0 Å². The van der Waals surface area contributed by atoms with Gasteiger partial charge in [-0.1, -0.05) is 39.0 Å². The maximum Gasteiger partial charge on any atom is 0.0653 e. The van der Waals surface area contributed by atoms with Gasteiger partial charge in [-0.3, -0.25) is 0 Å². The Bertz CT molecular complexity index is 174. The Hall–Kier alpha value is -0.0400. The van der Waals surface area contributed by atoms with Crippen LogP contribution in [0.25, 0.3) is 0 Å². The molecule has 2 rings (SSSR count). The molecule has 0 radical (unpaired) electrons. The predicted molar refractivity (Wildman–Crippen MR) is 54.5 cm³/mol. The smallest absolute Gasteiger partial charge is 0.0653 e. The van der Waals surface area contributed by atoms with Gasteiger partial charge in [0.05, 0.1) is 5.60 Å². The van der Waals surface area contributed by atoms with Gasteiger partial charge in [-0.25, -0.2) is 0 Å². The van der Waals surface area contributed by atoms with Crippen LogP contribution in [0.4, 0.5) is 0 Å². The van der Waals surface area contributed by atoms with Gasteiger partial charge in [0.2, 0.25) is 0 Å². The van der Waals surface area contributed by atoms with Crippen molar-refractivity contribution in [1.29, 1.82) is 0 Å². The Balaban J connectivity index is 1.87. The molecular weight excluding hydrogens is 160 g/mol. The van der Waals surface area contributed by atoms with Crippen LogP contribution < -0.4 is 0 Å². The first-order chi connectivity index (χ1) is 6.22. The molecule has 0 aromatic rings. The summed E-state index contributed by atoms with van der Waals surface area (Å²) in [6.07, 6.45) is 9.86. The van der Waals surface area contributed by atoms with Crippen molar-refractivity contribution >= 4 is 0 Å². The van der Waals surface area contributed by atoms with Crippen molar-refractivity contribution < 1.29 is 5.11 Å². The van der Waals surface area contributed by atoms with Gasteiger partial charge in [0, 0.05) is 0 Å². The van der Waals surface area contributed by atoms with Crippen LogP contribution in [-0.2, 0) is 0 Å². The first-order valence-electron chi connectivity index (χ1n) is 5.94. The minimum absolute atomic E-state index is 0.264. The van der Waals surface area contributed by atoms with Crippen LogP contribution in [0, 0.1) is 11.8 Å². The molecule has 2 aliphatic rings. The zero-order valence-electron chi connectivity index (χ0n) is 8.76. The van der Waals surface area contributed by atoms with Gasteiger partial charge in [0.1, 0.15) is 0 Å². The highest BCUT2D eigenvalue weighted by Gasteiger charge is 2.38. The summed E-state index contributed by atoms with van der Waals surface area (Å²) in [6.45, 7) is 2.26. The van der Waals surface area contributed by atoms with Crippen molar-refractivity contribution in [3.05, 3.63) is 0 Å². The van der Waals surface area contributed by atoms with Crippen molar-refractivity contribution in [2.45, 2.75) is 63.9 Å². The van der Waals surface area contributed by atoms with E-state index in [9.17, 15) is 5.11 Å². The van der Waals surface area contributed by atoms with Gasteiger partial charge in [0.25, 0.3) is 0 Å².